The standard InChI is InChI=1S/C17H18O/c18-10-4-8-13-7-3-9-17(13)16-11-14-5-1-2-6-15(14)12-16/h1-3,5-7,11,18H,4,8-10,12H2. The molecular formula is C17H18O. The molecule has 0 amide bonds. The Morgan fingerprint density at radius 3 is 2.89 bits per heavy atom. The lowest BCUT2D eigenvalue weighted by atomic mass is 9.97. The predicted molar refractivity (Wildman–Crippen MR) is 75.2 cm³/mol. The lowest BCUT2D eigenvalue weighted by Gasteiger charge is -2.08. The first-order valence-corrected chi connectivity index (χ1v) is 6.67. The van der Waals surface area contributed by atoms with E-state index in [1.807, 2.05) is 0 Å². The molecule has 1 heteroatoms. The third-order valence-electron chi connectivity index (χ3n) is 3.79. The molecule has 0 heterocycles. The molecule has 0 atom stereocenters. The van der Waals surface area contributed by atoms with Gasteiger partial charge in [-0.05, 0) is 53.5 Å². The molecule has 1 aromatic carbocycles. The van der Waals surface area contributed by atoms with Gasteiger partial charge in [0, 0.05) is 6.61 Å². The second-order valence-corrected chi connectivity index (χ2v) is 4.98. The zero-order valence-corrected chi connectivity index (χ0v) is 10.5. The smallest absolute Gasteiger partial charge is 0.0434 e. The lowest BCUT2D eigenvalue weighted by molar-refractivity contribution is 0.289. The summed E-state index contributed by atoms with van der Waals surface area (Å²) in [5.74, 6) is 0. The van der Waals surface area contributed by atoms with Crippen molar-refractivity contribution in [1.82, 2.24) is 0 Å². The molecule has 3 rings (SSSR count). The van der Waals surface area contributed by atoms with Crippen LogP contribution in [0.2, 0.25) is 0 Å². The van der Waals surface area contributed by atoms with Crippen LogP contribution in [-0.4, -0.2) is 11.7 Å². The Labute approximate surface area is 108 Å². The van der Waals surface area contributed by atoms with E-state index in [-0.39, 0.29) is 6.61 Å². The number of aliphatic hydroxyl groups is 1. The first-order valence-electron chi connectivity index (χ1n) is 6.67. The Bertz CT molecular complexity index is 546. The summed E-state index contributed by atoms with van der Waals surface area (Å²) in [6.45, 7) is 0.282. The summed E-state index contributed by atoms with van der Waals surface area (Å²) in [6.07, 6.45) is 10.8. The molecule has 2 aliphatic carbocycles. The van der Waals surface area contributed by atoms with Crippen molar-refractivity contribution in [2.45, 2.75) is 25.7 Å². The van der Waals surface area contributed by atoms with Gasteiger partial charge in [-0.3, -0.25) is 0 Å². The van der Waals surface area contributed by atoms with Gasteiger partial charge in [0.1, 0.15) is 0 Å². The first-order chi connectivity index (χ1) is 8.88. The maximum Gasteiger partial charge on any atom is 0.0434 e. The van der Waals surface area contributed by atoms with Gasteiger partial charge in [0.15, 0.2) is 0 Å². The topological polar surface area (TPSA) is 20.2 Å². The fourth-order valence-corrected chi connectivity index (χ4v) is 2.87. The zero-order valence-electron chi connectivity index (χ0n) is 10.5. The molecule has 0 bridgehead atoms. The number of aliphatic hydroxyl groups excluding tert-OH is 1. The number of benzene rings is 1. The van der Waals surface area contributed by atoms with Crippen LogP contribution in [0.25, 0.3) is 6.08 Å². The largest absolute Gasteiger partial charge is 0.396 e. The molecule has 2 aliphatic rings. The van der Waals surface area contributed by atoms with E-state index < -0.39 is 0 Å². The molecule has 0 aliphatic heterocycles. The van der Waals surface area contributed by atoms with Crippen molar-refractivity contribution in [3.63, 3.8) is 0 Å². The molecule has 1 N–H and O–H groups in total. The Hall–Kier alpha value is -1.60. The maximum absolute atomic E-state index is 8.96. The molecule has 0 aromatic heterocycles. The quantitative estimate of drug-likeness (QED) is 0.848. The molecule has 1 aromatic rings. The van der Waals surface area contributed by atoms with E-state index in [4.69, 9.17) is 5.11 Å². The third kappa shape index (κ3) is 2.06. The maximum atomic E-state index is 8.96. The molecular weight excluding hydrogens is 220 g/mol. The highest BCUT2D eigenvalue weighted by Crippen LogP contribution is 2.36. The van der Waals surface area contributed by atoms with Crippen molar-refractivity contribution in [2.24, 2.45) is 0 Å². The van der Waals surface area contributed by atoms with Crippen LogP contribution in [-0.2, 0) is 6.42 Å². The van der Waals surface area contributed by atoms with Gasteiger partial charge in [-0.15, -0.1) is 0 Å². The van der Waals surface area contributed by atoms with Crippen molar-refractivity contribution < 1.29 is 5.11 Å². The normalized spacial score (nSPS) is 17.3. The highest BCUT2D eigenvalue weighted by atomic mass is 16.2. The monoisotopic (exact) mass is 238 g/mol. The summed E-state index contributed by atoms with van der Waals surface area (Å²) in [6, 6.07) is 8.63. The number of allylic oxidation sites excluding steroid dienone is 5. The van der Waals surface area contributed by atoms with E-state index in [0.717, 1.165) is 25.7 Å². The van der Waals surface area contributed by atoms with Gasteiger partial charge in [0.05, 0.1) is 0 Å². The number of hydrogen-bond donors (Lipinski definition) is 1. The SMILES string of the molecule is OCCCC1=C(C2=Cc3ccccc3C2)CC=C1. The van der Waals surface area contributed by atoms with Gasteiger partial charge < -0.3 is 5.11 Å². The van der Waals surface area contributed by atoms with Crippen molar-refractivity contribution in [1.29, 1.82) is 0 Å². The predicted octanol–water partition coefficient (Wildman–Crippen LogP) is 3.66. The third-order valence-corrected chi connectivity index (χ3v) is 3.79. The van der Waals surface area contributed by atoms with Gasteiger partial charge in [-0.2, -0.15) is 0 Å². The average Bonchev–Trinajstić information content (AvgIpc) is 3.01. The van der Waals surface area contributed by atoms with E-state index in [0.29, 0.717) is 0 Å². The minimum absolute atomic E-state index is 0.282. The molecule has 92 valence electrons. The van der Waals surface area contributed by atoms with Crippen LogP contribution < -0.4 is 0 Å². The molecule has 0 radical (unpaired) electrons. The van der Waals surface area contributed by atoms with Crippen molar-refractivity contribution in [3.8, 4) is 0 Å². The minimum atomic E-state index is 0.282. The second kappa shape index (κ2) is 4.95. The van der Waals surface area contributed by atoms with Crippen LogP contribution >= 0.6 is 0 Å². The molecule has 0 fully saturated rings. The Kier molecular flexibility index (Phi) is 3.16. The lowest BCUT2D eigenvalue weighted by Crippen LogP contribution is -1.93. The van der Waals surface area contributed by atoms with E-state index in [1.54, 1.807) is 0 Å². The van der Waals surface area contributed by atoms with E-state index in [1.165, 1.54) is 27.8 Å². The fraction of sp³-hybridized carbons (Fsp3) is 0.294. The molecule has 0 spiro atoms. The fourth-order valence-electron chi connectivity index (χ4n) is 2.87. The van der Waals surface area contributed by atoms with Crippen molar-refractivity contribution in [2.75, 3.05) is 6.61 Å². The Morgan fingerprint density at radius 1 is 1.17 bits per heavy atom. The summed E-state index contributed by atoms with van der Waals surface area (Å²) >= 11 is 0. The molecule has 0 saturated heterocycles. The molecule has 18 heavy (non-hydrogen) atoms. The van der Waals surface area contributed by atoms with Gasteiger partial charge in [0.2, 0.25) is 0 Å². The summed E-state index contributed by atoms with van der Waals surface area (Å²) < 4.78 is 0. The summed E-state index contributed by atoms with van der Waals surface area (Å²) in [4.78, 5) is 0. The van der Waals surface area contributed by atoms with E-state index in [9.17, 15) is 0 Å². The van der Waals surface area contributed by atoms with Crippen LogP contribution in [0.3, 0.4) is 0 Å². The zero-order chi connectivity index (χ0) is 12.4. The van der Waals surface area contributed by atoms with Gasteiger partial charge in [-0.25, -0.2) is 0 Å². The number of fused-ring (bicyclic) bond motifs is 1. The minimum Gasteiger partial charge on any atom is -0.396 e. The van der Waals surface area contributed by atoms with E-state index in [2.05, 4.69) is 42.5 Å². The van der Waals surface area contributed by atoms with Crippen LogP contribution in [0, 0.1) is 0 Å². The van der Waals surface area contributed by atoms with Crippen LogP contribution in [0.15, 0.2) is 53.1 Å². The number of hydrogen-bond acceptors (Lipinski definition) is 1. The summed E-state index contributed by atoms with van der Waals surface area (Å²) in [5, 5.41) is 8.96. The van der Waals surface area contributed by atoms with Crippen molar-refractivity contribution in [3.05, 3.63) is 64.3 Å². The van der Waals surface area contributed by atoms with Gasteiger partial charge in [-0.1, -0.05) is 42.5 Å². The number of rotatable bonds is 4. The molecule has 0 saturated carbocycles. The van der Waals surface area contributed by atoms with Gasteiger partial charge in [0.25, 0.3) is 0 Å². The van der Waals surface area contributed by atoms with Crippen LogP contribution in [0.5, 0.6) is 0 Å². The van der Waals surface area contributed by atoms with Crippen LogP contribution in [0.4, 0.5) is 0 Å². The molecule has 1 nitrogen and oxygen atoms in total. The Morgan fingerprint density at radius 2 is 2.06 bits per heavy atom. The Balaban J connectivity index is 1.85. The first kappa shape index (κ1) is 11.5. The highest BCUT2D eigenvalue weighted by Gasteiger charge is 2.18. The van der Waals surface area contributed by atoms with Gasteiger partial charge >= 0.3 is 0 Å². The second-order valence-electron chi connectivity index (χ2n) is 4.98. The molecule has 0 unspecified atom stereocenters. The van der Waals surface area contributed by atoms with Crippen molar-refractivity contribution >= 4 is 6.08 Å². The average molecular weight is 238 g/mol. The van der Waals surface area contributed by atoms with E-state index >= 15 is 0 Å². The summed E-state index contributed by atoms with van der Waals surface area (Å²) in [5.41, 5.74) is 7.18. The highest BCUT2D eigenvalue weighted by molar-refractivity contribution is 5.70. The summed E-state index contributed by atoms with van der Waals surface area (Å²) in [7, 11) is 0. The van der Waals surface area contributed by atoms with Crippen LogP contribution in [0.1, 0.15) is 30.4 Å².